The quantitative estimate of drug-likeness (QED) is 0.831. The molecule has 0 fully saturated rings. The Labute approximate surface area is 126 Å². The number of benzene rings is 1. The van der Waals surface area contributed by atoms with Crippen LogP contribution in [0.15, 0.2) is 53.1 Å². The highest BCUT2D eigenvalue weighted by Crippen LogP contribution is 2.21. The van der Waals surface area contributed by atoms with E-state index in [9.17, 15) is 4.79 Å². The average Bonchev–Trinajstić information content (AvgIpc) is 2.98. The lowest BCUT2D eigenvalue weighted by molar-refractivity contribution is -0.122. The van der Waals surface area contributed by atoms with Gasteiger partial charge in [0.1, 0.15) is 5.76 Å². The molecule has 0 saturated heterocycles. The van der Waals surface area contributed by atoms with Crippen LogP contribution in [0.25, 0.3) is 0 Å². The van der Waals surface area contributed by atoms with Gasteiger partial charge in [0.25, 0.3) is 0 Å². The first kappa shape index (κ1) is 15.4. The molecule has 1 unspecified atom stereocenters. The Balaban J connectivity index is 1.93. The molecule has 0 radical (unpaired) electrons. The molecule has 1 N–H and O–H groups in total. The van der Waals surface area contributed by atoms with Crippen molar-refractivity contribution < 1.29 is 9.21 Å². The van der Waals surface area contributed by atoms with Crippen LogP contribution in [-0.2, 0) is 11.2 Å². The summed E-state index contributed by atoms with van der Waals surface area (Å²) in [5.74, 6) is 1.45. The summed E-state index contributed by atoms with van der Waals surface area (Å²) in [6.07, 6.45) is 3.67. The summed E-state index contributed by atoms with van der Waals surface area (Å²) in [5.41, 5.74) is 1.16. The van der Waals surface area contributed by atoms with Gasteiger partial charge < -0.3 is 9.73 Å². The molecule has 3 heteroatoms. The van der Waals surface area contributed by atoms with Crippen LogP contribution in [-0.4, -0.2) is 5.91 Å². The molecule has 21 heavy (non-hydrogen) atoms. The molecule has 1 aromatic heterocycles. The Morgan fingerprint density at radius 3 is 2.52 bits per heavy atom. The van der Waals surface area contributed by atoms with Crippen molar-refractivity contribution in [1.82, 2.24) is 5.32 Å². The molecular weight excluding hydrogens is 262 g/mol. The average molecular weight is 285 g/mol. The maximum Gasteiger partial charge on any atom is 0.220 e. The molecule has 0 saturated carbocycles. The van der Waals surface area contributed by atoms with E-state index in [-0.39, 0.29) is 11.9 Å². The third-order valence-corrected chi connectivity index (χ3v) is 3.42. The molecule has 0 bridgehead atoms. The van der Waals surface area contributed by atoms with Crippen molar-refractivity contribution in [3.63, 3.8) is 0 Å². The summed E-state index contributed by atoms with van der Waals surface area (Å²) in [6, 6.07) is 14.0. The van der Waals surface area contributed by atoms with Crippen LogP contribution < -0.4 is 5.32 Å². The predicted molar refractivity (Wildman–Crippen MR) is 83.8 cm³/mol. The molecule has 0 aliphatic heterocycles. The summed E-state index contributed by atoms with van der Waals surface area (Å²) in [5, 5.41) is 3.15. The number of aryl methyl sites for hydroxylation is 1. The molecule has 0 aliphatic rings. The van der Waals surface area contributed by atoms with Crippen molar-refractivity contribution >= 4 is 5.91 Å². The topological polar surface area (TPSA) is 42.2 Å². The molecule has 1 heterocycles. The van der Waals surface area contributed by atoms with Crippen LogP contribution in [0.3, 0.4) is 0 Å². The van der Waals surface area contributed by atoms with Gasteiger partial charge in [-0.3, -0.25) is 4.79 Å². The summed E-state index contributed by atoms with van der Waals surface area (Å²) in [7, 11) is 0. The van der Waals surface area contributed by atoms with Crippen LogP contribution in [0.4, 0.5) is 0 Å². The molecule has 2 rings (SSSR count). The molecule has 3 nitrogen and oxygen atoms in total. The zero-order valence-corrected chi connectivity index (χ0v) is 12.7. The van der Waals surface area contributed by atoms with Gasteiger partial charge in [-0.15, -0.1) is 0 Å². The van der Waals surface area contributed by atoms with E-state index in [1.54, 1.807) is 6.26 Å². The largest absolute Gasteiger partial charge is 0.469 e. The van der Waals surface area contributed by atoms with E-state index in [2.05, 4.69) is 31.3 Å². The predicted octanol–water partition coefficient (Wildman–Crippen LogP) is 4.12. The number of hydrogen-bond acceptors (Lipinski definition) is 2. The Morgan fingerprint density at radius 2 is 1.90 bits per heavy atom. The van der Waals surface area contributed by atoms with Gasteiger partial charge in [0.05, 0.1) is 12.3 Å². The number of nitrogens with one attached hydrogen (secondary N) is 1. The fourth-order valence-corrected chi connectivity index (χ4v) is 2.39. The smallest absolute Gasteiger partial charge is 0.220 e. The third kappa shape index (κ3) is 5.10. The summed E-state index contributed by atoms with van der Waals surface area (Å²) in [4.78, 5) is 12.2. The number of carbonyl (C=O) groups is 1. The minimum absolute atomic E-state index is 0.0703. The second-order valence-corrected chi connectivity index (χ2v) is 5.74. The standard InChI is InChI=1S/C18H23NO2/c1-14(2)13-17(15-7-4-3-5-8-15)19-18(20)11-10-16-9-6-12-21-16/h3-9,12,14,17H,10-11,13H2,1-2H3,(H,19,20). The lowest BCUT2D eigenvalue weighted by Gasteiger charge is -2.21. The third-order valence-electron chi connectivity index (χ3n) is 3.42. The highest BCUT2D eigenvalue weighted by atomic mass is 16.3. The van der Waals surface area contributed by atoms with Gasteiger partial charge >= 0.3 is 0 Å². The molecule has 1 amide bonds. The van der Waals surface area contributed by atoms with Gasteiger partial charge in [0, 0.05) is 12.8 Å². The maximum atomic E-state index is 12.2. The molecule has 112 valence electrons. The van der Waals surface area contributed by atoms with E-state index in [4.69, 9.17) is 4.42 Å². The van der Waals surface area contributed by atoms with E-state index in [0.717, 1.165) is 17.7 Å². The number of carbonyl (C=O) groups excluding carboxylic acids is 1. The van der Waals surface area contributed by atoms with Crippen LogP contribution in [0.2, 0.25) is 0 Å². The van der Waals surface area contributed by atoms with Crippen molar-refractivity contribution in [2.24, 2.45) is 5.92 Å². The van der Waals surface area contributed by atoms with Crippen LogP contribution in [0, 0.1) is 5.92 Å². The van der Waals surface area contributed by atoms with Crippen LogP contribution >= 0.6 is 0 Å². The van der Waals surface area contributed by atoms with Gasteiger partial charge in [-0.1, -0.05) is 44.2 Å². The van der Waals surface area contributed by atoms with Crippen molar-refractivity contribution in [3.8, 4) is 0 Å². The minimum atomic E-state index is 0.0703. The van der Waals surface area contributed by atoms with E-state index in [1.165, 1.54) is 0 Å². The van der Waals surface area contributed by atoms with Gasteiger partial charge in [-0.2, -0.15) is 0 Å². The van der Waals surface area contributed by atoms with Gasteiger partial charge in [0.2, 0.25) is 5.91 Å². The number of rotatable bonds is 7. The lowest BCUT2D eigenvalue weighted by Crippen LogP contribution is -2.29. The second-order valence-electron chi connectivity index (χ2n) is 5.74. The second kappa shape index (κ2) is 7.67. The van der Waals surface area contributed by atoms with Crippen molar-refractivity contribution in [2.45, 2.75) is 39.2 Å². The van der Waals surface area contributed by atoms with E-state index in [1.807, 2.05) is 30.3 Å². The van der Waals surface area contributed by atoms with Gasteiger partial charge in [-0.05, 0) is 30.0 Å². The van der Waals surface area contributed by atoms with E-state index < -0.39 is 0 Å². The Hall–Kier alpha value is -2.03. The maximum absolute atomic E-state index is 12.2. The fourth-order valence-electron chi connectivity index (χ4n) is 2.39. The Morgan fingerprint density at radius 1 is 1.14 bits per heavy atom. The van der Waals surface area contributed by atoms with Crippen LogP contribution in [0.1, 0.15) is 44.1 Å². The molecule has 1 atom stereocenters. The Kier molecular flexibility index (Phi) is 5.61. The zero-order valence-electron chi connectivity index (χ0n) is 12.7. The molecule has 2 aromatic rings. The minimum Gasteiger partial charge on any atom is -0.469 e. The normalized spacial score (nSPS) is 12.3. The molecular formula is C18H23NO2. The lowest BCUT2D eigenvalue weighted by atomic mass is 9.97. The first-order valence-corrected chi connectivity index (χ1v) is 7.52. The fraction of sp³-hybridized carbons (Fsp3) is 0.389. The SMILES string of the molecule is CC(C)CC(NC(=O)CCc1ccco1)c1ccccc1. The van der Waals surface area contributed by atoms with Crippen molar-refractivity contribution in [2.75, 3.05) is 0 Å². The van der Waals surface area contributed by atoms with E-state index >= 15 is 0 Å². The highest BCUT2D eigenvalue weighted by molar-refractivity contribution is 5.76. The zero-order chi connectivity index (χ0) is 15.1. The number of hydrogen-bond donors (Lipinski definition) is 1. The Bertz CT molecular complexity index is 532. The van der Waals surface area contributed by atoms with Crippen molar-refractivity contribution in [3.05, 3.63) is 60.1 Å². The van der Waals surface area contributed by atoms with Crippen molar-refractivity contribution in [1.29, 1.82) is 0 Å². The summed E-state index contributed by atoms with van der Waals surface area (Å²) in [6.45, 7) is 4.34. The number of amides is 1. The monoisotopic (exact) mass is 285 g/mol. The number of furan rings is 1. The molecule has 1 aromatic carbocycles. The molecule has 0 aliphatic carbocycles. The van der Waals surface area contributed by atoms with Gasteiger partial charge in [-0.25, -0.2) is 0 Å². The first-order chi connectivity index (χ1) is 10.1. The van der Waals surface area contributed by atoms with E-state index in [0.29, 0.717) is 18.8 Å². The molecule has 0 spiro atoms. The highest BCUT2D eigenvalue weighted by Gasteiger charge is 2.16. The summed E-state index contributed by atoms with van der Waals surface area (Å²) < 4.78 is 5.26. The summed E-state index contributed by atoms with van der Waals surface area (Å²) >= 11 is 0. The van der Waals surface area contributed by atoms with Gasteiger partial charge in [0.15, 0.2) is 0 Å². The first-order valence-electron chi connectivity index (χ1n) is 7.52. The van der Waals surface area contributed by atoms with Crippen LogP contribution in [0.5, 0.6) is 0 Å².